The molecule has 1 aliphatic rings. The molecule has 12 heavy (non-hydrogen) atoms. The first-order valence-corrected chi connectivity index (χ1v) is 5.28. The zero-order valence-corrected chi connectivity index (χ0v) is 8.31. The van der Waals surface area contributed by atoms with Crippen molar-refractivity contribution in [2.45, 2.75) is 52.4 Å². The van der Waals surface area contributed by atoms with Crippen molar-refractivity contribution in [1.29, 1.82) is 0 Å². The Bertz CT molecular complexity index is 145. The standard InChI is InChI=1S/C11H20O/c1-3-6-11(12)9(2)10-7-4-5-8-10/h9-10H,3-8H2,1-2H3. The first-order chi connectivity index (χ1) is 5.75. The molecule has 0 radical (unpaired) electrons. The molecular weight excluding hydrogens is 148 g/mol. The van der Waals surface area contributed by atoms with Gasteiger partial charge < -0.3 is 0 Å². The molecule has 0 N–H and O–H groups in total. The average Bonchev–Trinajstić information content (AvgIpc) is 2.55. The predicted molar refractivity (Wildman–Crippen MR) is 51.0 cm³/mol. The molecule has 0 amide bonds. The predicted octanol–water partition coefficient (Wildman–Crippen LogP) is 3.18. The molecule has 1 atom stereocenters. The monoisotopic (exact) mass is 168 g/mol. The van der Waals surface area contributed by atoms with E-state index in [1.807, 2.05) is 0 Å². The van der Waals surface area contributed by atoms with Gasteiger partial charge in [0, 0.05) is 12.3 Å². The maximum atomic E-state index is 11.5. The van der Waals surface area contributed by atoms with Gasteiger partial charge in [0.25, 0.3) is 0 Å². The number of ketones is 1. The summed E-state index contributed by atoms with van der Waals surface area (Å²) in [6, 6.07) is 0. The highest BCUT2D eigenvalue weighted by Crippen LogP contribution is 2.32. The van der Waals surface area contributed by atoms with Gasteiger partial charge in [0.2, 0.25) is 0 Å². The normalized spacial score (nSPS) is 21.2. The lowest BCUT2D eigenvalue weighted by Crippen LogP contribution is -2.18. The van der Waals surface area contributed by atoms with E-state index in [1.54, 1.807) is 0 Å². The smallest absolute Gasteiger partial charge is 0.135 e. The molecule has 1 aliphatic carbocycles. The summed E-state index contributed by atoms with van der Waals surface area (Å²) < 4.78 is 0. The highest BCUT2D eigenvalue weighted by molar-refractivity contribution is 5.80. The van der Waals surface area contributed by atoms with Gasteiger partial charge in [0.15, 0.2) is 0 Å². The summed E-state index contributed by atoms with van der Waals surface area (Å²) >= 11 is 0. The van der Waals surface area contributed by atoms with Crippen molar-refractivity contribution in [3.63, 3.8) is 0 Å². The molecule has 0 bridgehead atoms. The lowest BCUT2D eigenvalue weighted by Gasteiger charge is -2.16. The second-order valence-electron chi connectivity index (χ2n) is 4.05. The summed E-state index contributed by atoms with van der Waals surface area (Å²) in [6.45, 7) is 4.20. The summed E-state index contributed by atoms with van der Waals surface area (Å²) in [5.41, 5.74) is 0. The van der Waals surface area contributed by atoms with Crippen LogP contribution in [0, 0.1) is 11.8 Å². The number of hydrogen-bond donors (Lipinski definition) is 0. The Morgan fingerprint density at radius 3 is 2.50 bits per heavy atom. The topological polar surface area (TPSA) is 17.1 Å². The van der Waals surface area contributed by atoms with Crippen LogP contribution in [-0.4, -0.2) is 5.78 Å². The Labute approximate surface area is 75.5 Å². The molecule has 1 unspecified atom stereocenters. The van der Waals surface area contributed by atoms with Crippen LogP contribution in [0.1, 0.15) is 52.4 Å². The Kier molecular flexibility index (Phi) is 3.77. The molecule has 0 saturated heterocycles. The second kappa shape index (κ2) is 4.64. The van der Waals surface area contributed by atoms with Crippen LogP contribution < -0.4 is 0 Å². The maximum absolute atomic E-state index is 11.5. The molecule has 1 rings (SSSR count). The van der Waals surface area contributed by atoms with Gasteiger partial charge in [-0.1, -0.05) is 26.7 Å². The van der Waals surface area contributed by atoms with Crippen molar-refractivity contribution in [3.05, 3.63) is 0 Å². The highest BCUT2D eigenvalue weighted by atomic mass is 16.1. The van der Waals surface area contributed by atoms with Crippen molar-refractivity contribution in [3.8, 4) is 0 Å². The molecule has 0 heterocycles. The van der Waals surface area contributed by atoms with Crippen LogP contribution in [0.3, 0.4) is 0 Å². The number of carbonyl (C=O) groups excluding carboxylic acids is 1. The van der Waals surface area contributed by atoms with Crippen LogP contribution >= 0.6 is 0 Å². The van der Waals surface area contributed by atoms with Gasteiger partial charge in [-0.15, -0.1) is 0 Å². The fourth-order valence-electron chi connectivity index (χ4n) is 2.19. The minimum Gasteiger partial charge on any atom is -0.299 e. The number of Topliss-reactive ketones (excluding diaryl/α,β-unsaturated/α-hetero) is 1. The Hall–Kier alpha value is -0.330. The molecule has 70 valence electrons. The Balaban J connectivity index is 2.34. The van der Waals surface area contributed by atoms with Crippen LogP contribution in [0.25, 0.3) is 0 Å². The van der Waals surface area contributed by atoms with E-state index in [2.05, 4.69) is 13.8 Å². The Morgan fingerprint density at radius 1 is 1.42 bits per heavy atom. The highest BCUT2D eigenvalue weighted by Gasteiger charge is 2.25. The van der Waals surface area contributed by atoms with Crippen molar-refractivity contribution in [2.75, 3.05) is 0 Å². The Morgan fingerprint density at radius 2 is 2.00 bits per heavy atom. The fourth-order valence-corrected chi connectivity index (χ4v) is 2.19. The zero-order chi connectivity index (χ0) is 8.97. The van der Waals surface area contributed by atoms with Gasteiger partial charge in [-0.2, -0.15) is 0 Å². The molecule has 0 aromatic carbocycles. The second-order valence-corrected chi connectivity index (χ2v) is 4.05. The van der Waals surface area contributed by atoms with E-state index in [4.69, 9.17) is 0 Å². The molecule has 0 aliphatic heterocycles. The maximum Gasteiger partial charge on any atom is 0.135 e. The number of hydrogen-bond acceptors (Lipinski definition) is 1. The van der Waals surface area contributed by atoms with Crippen LogP contribution in [0.4, 0.5) is 0 Å². The molecule has 0 spiro atoms. The third-order valence-corrected chi connectivity index (χ3v) is 3.11. The van der Waals surface area contributed by atoms with Crippen molar-refractivity contribution >= 4 is 5.78 Å². The lowest BCUT2D eigenvalue weighted by molar-refractivity contribution is -0.123. The fraction of sp³-hybridized carbons (Fsp3) is 0.909. The lowest BCUT2D eigenvalue weighted by atomic mass is 9.87. The van der Waals surface area contributed by atoms with E-state index in [9.17, 15) is 4.79 Å². The molecule has 1 nitrogen and oxygen atoms in total. The quantitative estimate of drug-likeness (QED) is 0.630. The van der Waals surface area contributed by atoms with Crippen molar-refractivity contribution < 1.29 is 4.79 Å². The third kappa shape index (κ3) is 2.33. The molecule has 1 heteroatoms. The van der Waals surface area contributed by atoms with E-state index in [0.717, 1.165) is 12.8 Å². The summed E-state index contributed by atoms with van der Waals surface area (Å²) in [5.74, 6) is 1.54. The minimum absolute atomic E-state index is 0.340. The third-order valence-electron chi connectivity index (χ3n) is 3.11. The van der Waals surface area contributed by atoms with E-state index >= 15 is 0 Å². The molecule has 0 aromatic heterocycles. The summed E-state index contributed by atoms with van der Waals surface area (Å²) in [6.07, 6.45) is 7.06. The number of carbonyl (C=O) groups is 1. The summed E-state index contributed by atoms with van der Waals surface area (Å²) in [7, 11) is 0. The van der Waals surface area contributed by atoms with E-state index in [-0.39, 0.29) is 0 Å². The van der Waals surface area contributed by atoms with Crippen LogP contribution in [0.5, 0.6) is 0 Å². The van der Waals surface area contributed by atoms with Gasteiger partial charge in [-0.05, 0) is 25.2 Å². The van der Waals surface area contributed by atoms with Crippen molar-refractivity contribution in [2.24, 2.45) is 11.8 Å². The average molecular weight is 168 g/mol. The summed E-state index contributed by atoms with van der Waals surface area (Å²) in [4.78, 5) is 11.5. The molecule has 0 aromatic rings. The SMILES string of the molecule is CCCC(=O)C(C)C1CCCC1. The van der Waals surface area contributed by atoms with E-state index in [1.165, 1.54) is 25.7 Å². The minimum atomic E-state index is 0.340. The van der Waals surface area contributed by atoms with Crippen LogP contribution in [-0.2, 0) is 4.79 Å². The van der Waals surface area contributed by atoms with Gasteiger partial charge >= 0.3 is 0 Å². The van der Waals surface area contributed by atoms with Gasteiger partial charge in [-0.25, -0.2) is 0 Å². The molecule has 1 saturated carbocycles. The summed E-state index contributed by atoms with van der Waals surface area (Å²) in [5, 5.41) is 0. The van der Waals surface area contributed by atoms with E-state index < -0.39 is 0 Å². The van der Waals surface area contributed by atoms with Gasteiger partial charge in [0.05, 0.1) is 0 Å². The molecular formula is C11H20O. The first kappa shape index (κ1) is 9.76. The number of rotatable bonds is 4. The van der Waals surface area contributed by atoms with Crippen LogP contribution in [0.2, 0.25) is 0 Å². The van der Waals surface area contributed by atoms with Gasteiger partial charge in [-0.3, -0.25) is 4.79 Å². The molecule has 1 fully saturated rings. The van der Waals surface area contributed by atoms with Crippen molar-refractivity contribution in [1.82, 2.24) is 0 Å². The van der Waals surface area contributed by atoms with Gasteiger partial charge in [0.1, 0.15) is 5.78 Å². The van der Waals surface area contributed by atoms with E-state index in [0.29, 0.717) is 17.6 Å². The largest absolute Gasteiger partial charge is 0.299 e. The first-order valence-electron chi connectivity index (χ1n) is 5.28. The zero-order valence-electron chi connectivity index (χ0n) is 8.31. The van der Waals surface area contributed by atoms with Crippen LogP contribution in [0.15, 0.2) is 0 Å².